The molecule has 1 N–H and O–H groups in total. The molecule has 0 amide bonds. The van der Waals surface area contributed by atoms with Crippen LogP contribution in [0.5, 0.6) is 0 Å². The topological polar surface area (TPSA) is 38.3 Å². The van der Waals surface area contributed by atoms with Gasteiger partial charge in [0.15, 0.2) is 0 Å². The lowest BCUT2D eigenvalue weighted by atomic mass is 10.1. The standard InChI is InChI=1S/C21H31NO2/c1-4-6-7-8-9-10-11-14-18(3)22-20-16-13-12-15-19(20)21(23)24-17-5-2/h10-16,22H,4-9,17H2,1-3H3. The Balaban J connectivity index is 2.57. The molecule has 0 aliphatic rings. The summed E-state index contributed by atoms with van der Waals surface area (Å²) in [5.74, 6) is -0.279. The van der Waals surface area contributed by atoms with Crippen LogP contribution in [-0.2, 0) is 4.74 Å². The SMILES string of the molecule is CCCCCCC=CC=C(C)Nc1ccccc1C(=O)OCCC. The van der Waals surface area contributed by atoms with Crippen LogP contribution >= 0.6 is 0 Å². The Morgan fingerprint density at radius 2 is 1.92 bits per heavy atom. The van der Waals surface area contributed by atoms with Crippen LogP contribution in [0.1, 0.15) is 69.7 Å². The third-order valence-corrected chi connectivity index (χ3v) is 3.62. The number of carbonyl (C=O) groups excluding carboxylic acids is 1. The van der Waals surface area contributed by atoms with E-state index in [1.165, 1.54) is 25.7 Å². The van der Waals surface area contributed by atoms with Crippen molar-refractivity contribution in [3.8, 4) is 0 Å². The summed E-state index contributed by atoms with van der Waals surface area (Å²) in [6.07, 6.45) is 13.4. The maximum absolute atomic E-state index is 12.1. The summed E-state index contributed by atoms with van der Waals surface area (Å²) in [4.78, 5) is 12.1. The third kappa shape index (κ3) is 8.00. The number of hydrogen-bond acceptors (Lipinski definition) is 3. The van der Waals surface area contributed by atoms with Crippen molar-refractivity contribution >= 4 is 11.7 Å². The highest BCUT2D eigenvalue weighted by Crippen LogP contribution is 2.18. The van der Waals surface area contributed by atoms with Gasteiger partial charge in [-0.3, -0.25) is 0 Å². The van der Waals surface area contributed by atoms with Crippen molar-refractivity contribution in [2.45, 2.75) is 59.3 Å². The average molecular weight is 329 g/mol. The second-order valence-corrected chi connectivity index (χ2v) is 5.93. The zero-order chi connectivity index (χ0) is 17.6. The molecule has 0 unspecified atom stereocenters. The van der Waals surface area contributed by atoms with Crippen molar-refractivity contribution in [1.29, 1.82) is 0 Å². The number of hydrogen-bond donors (Lipinski definition) is 1. The van der Waals surface area contributed by atoms with E-state index in [0.717, 1.165) is 24.2 Å². The molecule has 132 valence electrons. The minimum absolute atomic E-state index is 0.279. The molecule has 0 saturated heterocycles. The van der Waals surface area contributed by atoms with Crippen LogP contribution in [0.15, 0.2) is 48.2 Å². The molecule has 0 bridgehead atoms. The van der Waals surface area contributed by atoms with Gasteiger partial charge in [0.2, 0.25) is 0 Å². The minimum atomic E-state index is -0.279. The molecule has 0 atom stereocenters. The van der Waals surface area contributed by atoms with Gasteiger partial charge in [-0.15, -0.1) is 0 Å². The smallest absolute Gasteiger partial charge is 0.340 e. The largest absolute Gasteiger partial charge is 0.462 e. The molecule has 0 saturated carbocycles. The van der Waals surface area contributed by atoms with Gasteiger partial charge in [-0.25, -0.2) is 4.79 Å². The quantitative estimate of drug-likeness (QED) is 0.303. The van der Waals surface area contributed by atoms with Crippen LogP contribution < -0.4 is 5.32 Å². The van der Waals surface area contributed by atoms with Crippen LogP contribution in [0.2, 0.25) is 0 Å². The molecule has 1 aromatic rings. The number of carbonyl (C=O) groups is 1. The molecule has 24 heavy (non-hydrogen) atoms. The number of para-hydroxylation sites is 1. The van der Waals surface area contributed by atoms with Crippen LogP contribution in [0.3, 0.4) is 0 Å². The summed E-state index contributed by atoms with van der Waals surface area (Å²) in [7, 11) is 0. The van der Waals surface area contributed by atoms with E-state index >= 15 is 0 Å². The van der Waals surface area contributed by atoms with Crippen molar-refractivity contribution in [2.24, 2.45) is 0 Å². The Hall–Kier alpha value is -2.03. The van der Waals surface area contributed by atoms with E-state index in [4.69, 9.17) is 4.74 Å². The minimum Gasteiger partial charge on any atom is -0.462 e. The van der Waals surface area contributed by atoms with Crippen molar-refractivity contribution in [3.63, 3.8) is 0 Å². The van der Waals surface area contributed by atoms with Crippen molar-refractivity contribution < 1.29 is 9.53 Å². The fraction of sp³-hybridized carbons (Fsp3) is 0.476. The number of rotatable bonds is 11. The van der Waals surface area contributed by atoms with Gasteiger partial charge in [0.25, 0.3) is 0 Å². The summed E-state index contributed by atoms with van der Waals surface area (Å²) in [6.45, 7) is 6.65. The molecular weight excluding hydrogens is 298 g/mol. The van der Waals surface area contributed by atoms with E-state index in [2.05, 4.69) is 24.4 Å². The number of nitrogens with one attached hydrogen (secondary N) is 1. The first-order valence-corrected chi connectivity index (χ1v) is 9.05. The summed E-state index contributed by atoms with van der Waals surface area (Å²) >= 11 is 0. The highest BCUT2D eigenvalue weighted by Gasteiger charge is 2.11. The van der Waals surface area contributed by atoms with Crippen LogP contribution in [-0.4, -0.2) is 12.6 Å². The molecule has 0 aliphatic carbocycles. The Kier molecular flexibility index (Phi) is 10.3. The highest BCUT2D eigenvalue weighted by atomic mass is 16.5. The predicted molar refractivity (Wildman–Crippen MR) is 102 cm³/mol. The van der Waals surface area contributed by atoms with E-state index in [0.29, 0.717) is 12.2 Å². The van der Waals surface area contributed by atoms with E-state index < -0.39 is 0 Å². The number of unbranched alkanes of at least 4 members (excludes halogenated alkanes) is 4. The molecular formula is C21H31NO2. The van der Waals surface area contributed by atoms with Gasteiger partial charge in [-0.1, -0.05) is 57.4 Å². The number of ether oxygens (including phenoxy) is 1. The van der Waals surface area contributed by atoms with Gasteiger partial charge in [-0.2, -0.15) is 0 Å². The van der Waals surface area contributed by atoms with E-state index in [1.807, 2.05) is 38.1 Å². The average Bonchev–Trinajstić information content (AvgIpc) is 2.59. The summed E-state index contributed by atoms with van der Waals surface area (Å²) in [5.41, 5.74) is 2.35. The van der Waals surface area contributed by atoms with Crippen LogP contribution in [0, 0.1) is 0 Å². The zero-order valence-corrected chi connectivity index (χ0v) is 15.3. The summed E-state index contributed by atoms with van der Waals surface area (Å²) in [5, 5.41) is 3.29. The first-order chi connectivity index (χ1) is 11.7. The van der Waals surface area contributed by atoms with Crippen LogP contribution in [0.4, 0.5) is 5.69 Å². The predicted octanol–water partition coefficient (Wildman–Crippen LogP) is 6.10. The second kappa shape index (κ2) is 12.4. The zero-order valence-electron chi connectivity index (χ0n) is 15.3. The van der Waals surface area contributed by atoms with Gasteiger partial charge < -0.3 is 10.1 Å². The molecule has 1 rings (SSSR count). The molecule has 0 radical (unpaired) electrons. The van der Waals surface area contributed by atoms with E-state index in [9.17, 15) is 4.79 Å². The molecule has 1 aromatic carbocycles. The number of benzene rings is 1. The Morgan fingerprint density at radius 3 is 2.67 bits per heavy atom. The highest BCUT2D eigenvalue weighted by molar-refractivity contribution is 5.95. The van der Waals surface area contributed by atoms with Crippen LogP contribution in [0.25, 0.3) is 0 Å². The van der Waals surface area contributed by atoms with Gasteiger partial charge in [0, 0.05) is 5.70 Å². The molecule has 0 heterocycles. The molecule has 0 fully saturated rings. The molecule has 3 heteroatoms. The number of anilines is 1. The fourth-order valence-corrected chi connectivity index (χ4v) is 2.29. The van der Waals surface area contributed by atoms with Gasteiger partial charge >= 0.3 is 5.97 Å². The molecule has 0 aromatic heterocycles. The first kappa shape index (κ1) is 20.0. The lowest BCUT2D eigenvalue weighted by Gasteiger charge is -2.11. The van der Waals surface area contributed by atoms with Gasteiger partial charge in [0.05, 0.1) is 17.9 Å². The second-order valence-electron chi connectivity index (χ2n) is 5.93. The summed E-state index contributed by atoms with van der Waals surface area (Å²) in [6, 6.07) is 7.45. The van der Waals surface area contributed by atoms with E-state index in [-0.39, 0.29) is 5.97 Å². The Bertz CT molecular complexity index is 547. The monoisotopic (exact) mass is 329 g/mol. The normalized spacial score (nSPS) is 11.7. The number of allylic oxidation sites excluding steroid dienone is 4. The first-order valence-electron chi connectivity index (χ1n) is 9.05. The van der Waals surface area contributed by atoms with Crippen molar-refractivity contribution in [1.82, 2.24) is 0 Å². The van der Waals surface area contributed by atoms with Gasteiger partial charge in [-0.05, 0) is 44.4 Å². The molecule has 0 aliphatic heterocycles. The maximum Gasteiger partial charge on any atom is 0.340 e. The third-order valence-electron chi connectivity index (χ3n) is 3.62. The lowest BCUT2D eigenvalue weighted by molar-refractivity contribution is 0.0506. The Labute approximate surface area is 146 Å². The molecule has 3 nitrogen and oxygen atoms in total. The fourth-order valence-electron chi connectivity index (χ4n) is 2.29. The van der Waals surface area contributed by atoms with Crippen molar-refractivity contribution in [3.05, 3.63) is 53.8 Å². The van der Waals surface area contributed by atoms with Gasteiger partial charge in [0.1, 0.15) is 0 Å². The van der Waals surface area contributed by atoms with Crippen molar-refractivity contribution in [2.75, 3.05) is 11.9 Å². The Morgan fingerprint density at radius 1 is 1.12 bits per heavy atom. The molecule has 0 spiro atoms. The number of esters is 1. The van der Waals surface area contributed by atoms with E-state index in [1.54, 1.807) is 6.07 Å². The maximum atomic E-state index is 12.1. The lowest BCUT2D eigenvalue weighted by Crippen LogP contribution is -2.09. The summed E-state index contributed by atoms with van der Waals surface area (Å²) < 4.78 is 5.23.